The third-order valence-electron chi connectivity index (χ3n) is 5.34. The number of benzene rings is 2. The van der Waals surface area contributed by atoms with E-state index in [0.29, 0.717) is 26.2 Å². The molecule has 1 amide bonds. The summed E-state index contributed by atoms with van der Waals surface area (Å²) in [6, 6.07) is 14.3. The Hall–Kier alpha value is -2.53. The average molecular weight is 380 g/mol. The summed E-state index contributed by atoms with van der Waals surface area (Å²) in [5.74, 6) is 1.48. The summed E-state index contributed by atoms with van der Waals surface area (Å²) in [5, 5.41) is 3.01. The van der Waals surface area contributed by atoms with Crippen LogP contribution >= 0.6 is 0 Å². The molecule has 148 valence electrons. The zero-order chi connectivity index (χ0) is 19.2. The van der Waals surface area contributed by atoms with Crippen LogP contribution in [-0.4, -0.2) is 37.1 Å². The molecule has 2 aromatic carbocycles. The maximum Gasteiger partial charge on any atom is 0.224 e. The first kappa shape index (κ1) is 18.8. The van der Waals surface area contributed by atoms with Crippen molar-refractivity contribution in [1.82, 2.24) is 10.2 Å². The van der Waals surface area contributed by atoms with E-state index in [9.17, 15) is 4.79 Å². The number of hydrogen-bond donors (Lipinski definition) is 1. The first-order chi connectivity index (χ1) is 13.8. The Morgan fingerprint density at radius 3 is 2.32 bits per heavy atom. The van der Waals surface area contributed by atoms with E-state index in [-0.39, 0.29) is 5.91 Å². The second-order valence-electron chi connectivity index (χ2n) is 7.58. The maximum atomic E-state index is 12.3. The number of carbonyl (C=O) groups is 1. The van der Waals surface area contributed by atoms with Gasteiger partial charge in [-0.05, 0) is 54.8 Å². The SMILES string of the molecule is O=C(Cc1ccc2c(c1)OCCO2)NCc1ccc(CN2CCCCC2)cc1. The van der Waals surface area contributed by atoms with E-state index in [1.54, 1.807) is 0 Å². The molecule has 0 spiro atoms. The summed E-state index contributed by atoms with van der Waals surface area (Å²) >= 11 is 0. The fraction of sp³-hybridized carbons (Fsp3) is 0.435. The van der Waals surface area contributed by atoms with Crippen molar-refractivity contribution in [2.24, 2.45) is 0 Å². The number of nitrogens with zero attached hydrogens (tertiary/aromatic N) is 1. The van der Waals surface area contributed by atoms with E-state index < -0.39 is 0 Å². The van der Waals surface area contributed by atoms with E-state index in [4.69, 9.17) is 9.47 Å². The molecular weight excluding hydrogens is 352 g/mol. The van der Waals surface area contributed by atoms with Gasteiger partial charge < -0.3 is 14.8 Å². The molecule has 0 unspecified atom stereocenters. The van der Waals surface area contributed by atoms with Gasteiger partial charge in [-0.25, -0.2) is 0 Å². The largest absolute Gasteiger partial charge is 0.486 e. The van der Waals surface area contributed by atoms with Crippen LogP contribution in [-0.2, 0) is 24.3 Å². The molecule has 0 bridgehead atoms. The van der Waals surface area contributed by atoms with Crippen molar-refractivity contribution >= 4 is 5.91 Å². The molecule has 0 aromatic heterocycles. The molecule has 2 aliphatic rings. The lowest BCUT2D eigenvalue weighted by molar-refractivity contribution is -0.120. The number of carbonyl (C=O) groups excluding carboxylic acids is 1. The molecule has 5 nitrogen and oxygen atoms in total. The molecule has 2 heterocycles. The highest BCUT2D eigenvalue weighted by molar-refractivity contribution is 5.78. The van der Waals surface area contributed by atoms with Crippen LogP contribution in [0.5, 0.6) is 11.5 Å². The standard InChI is InChI=1S/C23H28N2O3/c26-23(15-20-8-9-21-22(14-20)28-13-12-27-21)24-16-18-4-6-19(7-5-18)17-25-10-2-1-3-11-25/h4-9,14H,1-3,10-13,15-17H2,(H,24,26). The minimum absolute atomic E-state index is 0.00840. The smallest absolute Gasteiger partial charge is 0.224 e. The number of likely N-dealkylation sites (tertiary alicyclic amines) is 1. The van der Waals surface area contributed by atoms with E-state index in [1.165, 1.54) is 37.9 Å². The van der Waals surface area contributed by atoms with Crippen LogP contribution in [0.25, 0.3) is 0 Å². The summed E-state index contributed by atoms with van der Waals surface area (Å²) in [6.45, 7) is 5.11. The Morgan fingerprint density at radius 1 is 0.857 bits per heavy atom. The molecule has 2 aliphatic heterocycles. The Kier molecular flexibility index (Phi) is 6.12. The van der Waals surface area contributed by atoms with Gasteiger partial charge in [0.25, 0.3) is 0 Å². The van der Waals surface area contributed by atoms with Crippen LogP contribution < -0.4 is 14.8 Å². The van der Waals surface area contributed by atoms with Crippen molar-refractivity contribution in [1.29, 1.82) is 0 Å². The Balaban J connectivity index is 1.25. The highest BCUT2D eigenvalue weighted by Crippen LogP contribution is 2.30. The fourth-order valence-electron chi connectivity index (χ4n) is 3.78. The number of rotatable bonds is 6. The summed E-state index contributed by atoms with van der Waals surface area (Å²) < 4.78 is 11.1. The van der Waals surface area contributed by atoms with E-state index in [1.807, 2.05) is 18.2 Å². The predicted molar refractivity (Wildman–Crippen MR) is 109 cm³/mol. The third-order valence-corrected chi connectivity index (χ3v) is 5.34. The van der Waals surface area contributed by atoms with E-state index >= 15 is 0 Å². The minimum atomic E-state index is 0.00840. The van der Waals surface area contributed by atoms with Gasteiger partial charge in [-0.15, -0.1) is 0 Å². The minimum Gasteiger partial charge on any atom is -0.486 e. The van der Waals surface area contributed by atoms with Crippen molar-refractivity contribution < 1.29 is 14.3 Å². The molecule has 28 heavy (non-hydrogen) atoms. The number of ether oxygens (including phenoxy) is 2. The number of amides is 1. The second kappa shape index (κ2) is 9.11. The van der Waals surface area contributed by atoms with Crippen molar-refractivity contribution in [2.75, 3.05) is 26.3 Å². The molecule has 5 heteroatoms. The van der Waals surface area contributed by atoms with Crippen LogP contribution in [0.1, 0.15) is 36.0 Å². The summed E-state index contributed by atoms with van der Waals surface area (Å²) in [5.41, 5.74) is 3.39. The van der Waals surface area contributed by atoms with Gasteiger partial charge in [0.1, 0.15) is 13.2 Å². The highest BCUT2D eigenvalue weighted by atomic mass is 16.6. The molecular formula is C23H28N2O3. The van der Waals surface area contributed by atoms with Gasteiger partial charge >= 0.3 is 0 Å². The van der Waals surface area contributed by atoms with Gasteiger partial charge in [0.15, 0.2) is 11.5 Å². The number of hydrogen-bond acceptors (Lipinski definition) is 4. The fourth-order valence-corrected chi connectivity index (χ4v) is 3.78. The summed E-state index contributed by atoms with van der Waals surface area (Å²) in [6.07, 6.45) is 4.33. The van der Waals surface area contributed by atoms with Crippen LogP contribution in [0, 0.1) is 0 Å². The van der Waals surface area contributed by atoms with Gasteiger partial charge in [-0.2, -0.15) is 0 Å². The zero-order valence-electron chi connectivity index (χ0n) is 16.3. The highest BCUT2D eigenvalue weighted by Gasteiger charge is 2.13. The second-order valence-corrected chi connectivity index (χ2v) is 7.58. The van der Waals surface area contributed by atoms with Crippen molar-refractivity contribution in [3.63, 3.8) is 0 Å². The van der Waals surface area contributed by atoms with Crippen LogP contribution in [0.3, 0.4) is 0 Å². The molecule has 1 N–H and O–H groups in total. The number of fused-ring (bicyclic) bond motifs is 1. The van der Waals surface area contributed by atoms with Crippen LogP contribution in [0.4, 0.5) is 0 Å². The predicted octanol–water partition coefficient (Wildman–Crippen LogP) is 3.30. The molecule has 0 radical (unpaired) electrons. The molecule has 1 saturated heterocycles. The normalized spacial score (nSPS) is 16.6. The Morgan fingerprint density at radius 2 is 1.54 bits per heavy atom. The first-order valence-electron chi connectivity index (χ1n) is 10.2. The van der Waals surface area contributed by atoms with Gasteiger partial charge in [0, 0.05) is 13.1 Å². The van der Waals surface area contributed by atoms with Crippen LogP contribution in [0.2, 0.25) is 0 Å². The zero-order valence-corrected chi connectivity index (χ0v) is 16.3. The Labute approximate surface area is 166 Å². The van der Waals surface area contributed by atoms with Gasteiger partial charge in [0.2, 0.25) is 5.91 Å². The quantitative estimate of drug-likeness (QED) is 0.835. The summed E-state index contributed by atoms with van der Waals surface area (Å²) in [7, 11) is 0. The van der Waals surface area contributed by atoms with Crippen LogP contribution in [0.15, 0.2) is 42.5 Å². The summed E-state index contributed by atoms with van der Waals surface area (Å²) in [4.78, 5) is 14.8. The van der Waals surface area contributed by atoms with Crippen molar-refractivity contribution in [3.05, 3.63) is 59.2 Å². The topological polar surface area (TPSA) is 50.8 Å². The first-order valence-corrected chi connectivity index (χ1v) is 10.2. The van der Waals surface area contributed by atoms with E-state index in [2.05, 4.69) is 34.5 Å². The van der Waals surface area contributed by atoms with Gasteiger partial charge in [-0.1, -0.05) is 36.8 Å². The molecule has 1 fully saturated rings. The van der Waals surface area contributed by atoms with E-state index in [0.717, 1.165) is 29.2 Å². The lowest BCUT2D eigenvalue weighted by Gasteiger charge is -2.26. The van der Waals surface area contributed by atoms with Crippen molar-refractivity contribution in [2.45, 2.75) is 38.8 Å². The molecule has 0 aliphatic carbocycles. The third kappa shape index (κ3) is 5.04. The van der Waals surface area contributed by atoms with Gasteiger partial charge in [-0.3, -0.25) is 9.69 Å². The van der Waals surface area contributed by atoms with Crippen molar-refractivity contribution in [3.8, 4) is 11.5 Å². The molecule has 0 atom stereocenters. The van der Waals surface area contributed by atoms with Gasteiger partial charge in [0.05, 0.1) is 6.42 Å². The molecule has 0 saturated carbocycles. The Bertz CT molecular complexity index is 798. The molecule has 2 aromatic rings. The number of piperidine rings is 1. The maximum absolute atomic E-state index is 12.3. The lowest BCUT2D eigenvalue weighted by Crippen LogP contribution is -2.29. The monoisotopic (exact) mass is 380 g/mol. The molecule has 4 rings (SSSR count). The average Bonchev–Trinajstić information content (AvgIpc) is 2.74. The number of nitrogens with one attached hydrogen (secondary N) is 1. The lowest BCUT2D eigenvalue weighted by atomic mass is 10.1.